The van der Waals surface area contributed by atoms with E-state index >= 15 is 0 Å². The lowest BCUT2D eigenvalue weighted by atomic mass is 9.75. The molecule has 2 unspecified atom stereocenters. The summed E-state index contributed by atoms with van der Waals surface area (Å²) in [6.45, 7) is 6.21. The van der Waals surface area contributed by atoms with Gasteiger partial charge >= 0.3 is 6.18 Å². The SMILES string of the molecule is CC(CNC(=O)C1(N)CCCC1(C)C)c1ccc(C(F)(F)F)cc1. The second-order valence-electron chi connectivity index (χ2n) is 7.44. The van der Waals surface area contributed by atoms with Gasteiger partial charge in [0.2, 0.25) is 5.91 Å². The summed E-state index contributed by atoms with van der Waals surface area (Å²) in [4.78, 5) is 12.5. The number of hydrogen-bond donors (Lipinski definition) is 2. The first kappa shape index (κ1) is 18.8. The van der Waals surface area contributed by atoms with E-state index in [1.54, 1.807) is 0 Å². The van der Waals surface area contributed by atoms with Crippen molar-refractivity contribution in [1.82, 2.24) is 5.32 Å². The average molecular weight is 342 g/mol. The van der Waals surface area contributed by atoms with Gasteiger partial charge in [0.25, 0.3) is 0 Å². The van der Waals surface area contributed by atoms with Gasteiger partial charge in [0, 0.05) is 6.54 Å². The second-order valence-corrected chi connectivity index (χ2v) is 7.44. The zero-order valence-electron chi connectivity index (χ0n) is 14.3. The zero-order valence-corrected chi connectivity index (χ0v) is 14.3. The summed E-state index contributed by atoms with van der Waals surface area (Å²) < 4.78 is 37.8. The Balaban J connectivity index is 1.98. The van der Waals surface area contributed by atoms with Crippen LogP contribution in [0.3, 0.4) is 0 Å². The molecule has 0 radical (unpaired) electrons. The third-order valence-corrected chi connectivity index (χ3v) is 5.36. The molecule has 1 aromatic rings. The highest BCUT2D eigenvalue weighted by atomic mass is 19.4. The lowest BCUT2D eigenvalue weighted by Crippen LogP contribution is -2.60. The number of carbonyl (C=O) groups excluding carboxylic acids is 1. The van der Waals surface area contributed by atoms with Gasteiger partial charge in [-0.05, 0) is 41.9 Å². The minimum absolute atomic E-state index is 0.0932. The van der Waals surface area contributed by atoms with E-state index < -0.39 is 17.3 Å². The molecule has 0 aromatic heterocycles. The normalized spacial score (nSPS) is 24.6. The summed E-state index contributed by atoms with van der Waals surface area (Å²) in [5.41, 5.74) is 5.28. The van der Waals surface area contributed by atoms with Gasteiger partial charge in [-0.3, -0.25) is 4.79 Å². The number of halogens is 3. The number of rotatable bonds is 4. The molecule has 0 saturated heterocycles. The minimum atomic E-state index is -4.34. The molecule has 1 aromatic carbocycles. The second kappa shape index (κ2) is 6.39. The molecule has 1 amide bonds. The Morgan fingerprint density at radius 3 is 2.29 bits per heavy atom. The van der Waals surface area contributed by atoms with Gasteiger partial charge in [-0.2, -0.15) is 13.2 Å². The molecule has 2 rings (SSSR count). The maximum atomic E-state index is 12.6. The molecule has 3 N–H and O–H groups in total. The van der Waals surface area contributed by atoms with E-state index in [0.29, 0.717) is 13.0 Å². The van der Waals surface area contributed by atoms with Crippen LogP contribution in [0.5, 0.6) is 0 Å². The molecule has 134 valence electrons. The van der Waals surface area contributed by atoms with Gasteiger partial charge in [-0.1, -0.05) is 39.3 Å². The van der Waals surface area contributed by atoms with Crippen LogP contribution in [0, 0.1) is 5.41 Å². The molecule has 24 heavy (non-hydrogen) atoms. The van der Waals surface area contributed by atoms with Crippen LogP contribution in [-0.2, 0) is 11.0 Å². The molecule has 6 heteroatoms. The van der Waals surface area contributed by atoms with Crippen LogP contribution in [0.4, 0.5) is 13.2 Å². The van der Waals surface area contributed by atoms with Gasteiger partial charge in [-0.15, -0.1) is 0 Å². The fraction of sp³-hybridized carbons (Fsp3) is 0.611. The smallest absolute Gasteiger partial charge is 0.354 e. The molecule has 1 aliphatic carbocycles. The number of hydrogen-bond acceptors (Lipinski definition) is 2. The number of benzene rings is 1. The predicted molar refractivity (Wildman–Crippen MR) is 87.4 cm³/mol. The van der Waals surface area contributed by atoms with Crippen LogP contribution < -0.4 is 11.1 Å². The maximum Gasteiger partial charge on any atom is 0.416 e. The molecular weight excluding hydrogens is 317 g/mol. The first-order valence-corrected chi connectivity index (χ1v) is 8.22. The largest absolute Gasteiger partial charge is 0.416 e. The zero-order chi connectivity index (χ0) is 18.2. The molecule has 1 aliphatic rings. The average Bonchev–Trinajstić information content (AvgIpc) is 2.78. The van der Waals surface area contributed by atoms with Crippen LogP contribution in [0.15, 0.2) is 24.3 Å². The monoisotopic (exact) mass is 342 g/mol. The fourth-order valence-corrected chi connectivity index (χ4v) is 3.31. The Kier molecular flexibility index (Phi) is 5.00. The van der Waals surface area contributed by atoms with E-state index in [0.717, 1.165) is 30.5 Å². The van der Waals surface area contributed by atoms with E-state index in [1.807, 2.05) is 20.8 Å². The number of nitrogens with two attached hydrogens (primary N) is 1. The van der Waals surface area contributed by atoms with Crippen molar-refractivity contribution >= 4 is 5.91 Å². The Bertz CT molecular complexity index is 595. The van der Waals surface area contributed by atoms with Gasteiger partial charge in [0.05, 0.1) is 5.56 Å². The number of amides is 1. The minimum Gasteiger partial charge on any atom is -0.354 e. The van der Waals surface area contributed by atoms with Crippen molar-refractivity contribution in [3.8, 4) is 0 Å². The lowest BCUT2D eigenvalue weighted by Gasteiger charge is -2.36. The van der Waals surface area contributed by atoms with Crippen molar-refractivity contribution in [2.45, 2.75) is 57.7 Å². The van der Waals surface area contributed by atoms with Crippen LogP contribution in [0.2, 0.25) is 0 Å². The summed E-state index contributed by atoms with van der Waals surface area (Å²) in [5, 5.41) is 2.88. The maximum absolute atomic E-state index is 12.6. The van der Waals surface area contributed by atoms with Gasteiger partial charge in [0.1, 0.15) is 5.54 Å². The van der Waals surface area contributed by atoms with Gasteiger partial charge < -0.3 is 11.1 Å². The first-order valence-electron chi connectivity index (χ1n) is 8.22. The van der Waals surface area contributed by atoms with Gasteiger partial charge in [-0.25, -0.2) is 0 Å². The highest BCUT2D eigenvalue weighted by Crippen LogP contribution is 2.44. The molecule has 0 heterocycles. The number of nitrogens with one attached hydrogen (secondary N) is 1. The predicted octanol–water partition coefficient (Wildman–Crippen LogP) is 3.83. The molecule has 3 nitrogen and oxygen atoms in total. The van der Waals surface area contributed by atoms with Crippen molar-refractivity contribution in [2.24, 2.45) is 11.1 Å². The van der Waals surface area contributed by atoms with Crippen molar-refractivity contribution < 1.29 is 18.0 Å². The van der Waals surface area contributed by atoms with Crippen molar-refractivity contribution in [1.29, 1.82) is 0 Å². The molecule has 0 bridgehead atoms. The highest BCUT2D eigenvalue weighted by Gasteiger charge is 2.51. The summed E-state index contributed by atoms with van der Waals surface area (Å²) in [7, 11) is 0. The van der Waals surface area contributed by atoms with E-state index in [1.165, 1.54) is 12.1 Å². The Morgan fingerprint density at radius 2 is 1.83 bits per heavy atom. The Morgan fingerprint density at radius 1 is 1.25 bits per heavy atom. The molecule has 1 saturated carbocycles. The van der Waals surface area contributed by atoms with Crippen LogP contribution in [0.1, 0.15) is 57.1 Å². The molecule has 1 fully saturated rings. The van der Waals surface area contributed by atoms with Crippen LogP contribution in [-0.4, -0.2) is 18.0 Å². The fourth-order valence-electron chi connectivity index (χ4n) is 3.31. The molecule has 0 aliphatic heterocycles. The number of carbonyl (C=O) groups is 1. The molecular formula is C18H25F3N2O. The van der Waals surface area contributed by atoms with Crippen molar-refractivity contribution in [3.05, 3.63) is 35.4 Å². The summed E-state index contributed by atoms with van der Waals surface area (Å²) in [5.74, 6) is -0.270. The van der Waals surface area contributed by atoms with E-state index in [2.05, 4.69) is 5.32 Å². The molecule has 2 atom stereocenters. The standard InChI is InChI=1S/C18H25F3N2O/c1-12(13-5-7-14(8-6-13)18(19,20)21)11-23-15(24)17(22)10-4-9-16(17,2)3/h5-8,12H,4,9-11,22H2,1-3H3,(H,23,24). The van der Waals surface area contributed by atoms with Crippen LogP contribution in [0.25, 0.3) is 0 Å². The summed E-state index contributed by atoms with van der Waals surface area (Å²) in [6, 6.07) is 5.05. The van der Waals surface area contributed by atoms with E-state index in [9.17, 15) is 18.0 Å². The Hall–Kier alpha value is -1.56. The third kappa shape index (κ3) is 3.58. The highest BCUT2D eigenvalue weighted by molar-refractivity contribution is 5.87. The Labute approximate surface area is 140 Å². The molecule has 0 spiro atoms. The van der Waals surface area contributed by atoms with Crippen molar-refractivity contribution in [2.75, 3.05) is 6.54 Å². The third-order valence-electron chi connectivity index (χ3n) is 5.36. The first-order chi connectivity index (χ1) is 11.0. The lowest BCUT2D eigenvalue weighted by molar-refractivity contribution is -0.137. The van der Waals surface area contributed by atoms with Crippen LogP contribution >= 0.6 is 0 Å². The van der Waals surface area contributed by atoms with E-state index in [4.69, 9.17) is 5.73 Å². The van der Waals surface area contributed by atoms with Gasteiger partial charge in [0.15, 0.2) is 0 Å². The topological polar surface area (TPSA) is 55.1 Å². The van der Waals surface area contributed by atoms with Crippen molar-refractivity contribution in [3.63, 3.8) is 0 Å². The van der Waals surface area contributed by atoms with E-state index in [-0.39, 0.29) is 17.2 Å². The summed E-state index contributed by atoms with van der Waals surface area (Å²) >= 11 is 0. The quantitative estimate of drug-likeness (QED) is 0.874. The summed E-state index contributed by atoms with van der Waals surface area (Å²) in [6.07, 6.45) is -1.85. The number of alkyl halides is 3.